The van der Waals surface area contributed by atoms with Crippen molar-refractivity contribution >= 4 is 140 Å². The first-order chi connectivity index (χ1) is 71.8. The fraction of sp³-hybridized carbons (Fsp3) is 0.283. The molecule has 4 fully saturated rings. The van der Waals surface area contributed by atoms with Gasteiger partial charge in [0.25, 0.3) is 17.7 Å². The number of nitrogen functional groups attached to an aromatic ring is 1. The third-order valence-corrected chi connectivity index (χ3v) is 27.1. The van der Waals surface area contributed by atoms with Crippen LogP contribution in [-0.2, 0) is 66.1 Å². The summed E-state index contributed by atoms with van der Waals surface area (Å²) in [7, 11) is 0. The van der Waals surface area contributed by atoms with Crippen molar-refractivity contribution in [2.45, 2.75) is 88.2 Å². The lowest BCUT2D eigenvalue weighted by atomic mass is 9.99. The molecule has 0 unspecified atom stereocenters. The van der Waals surface area contributed by atoms with E-state index in [2.05, 4.69) is 140 Å². The van der Waals surface area contributed by atoms with Crippen molar-refractivity contribution in [2.75, 3.05) is 146 Å². The Morgan fingerprint density at radius 1 is 0.347 bits per heavy atom. The highest BCUT2D eigenvalue weighted by molar-refractivity contribution is 9.09. The monoisotopic (exact) mass is 2260 g/mol. The van der Waals surface area contributed by atoms with Gasteiger partial charge in [-0.05, 0) is 153 Å². The smallest absolute Gasteiger partial charge is 0.416 e. The number of anilines is 8. The van der Waals surface area contributed by atoms with Crippen LogP contribution in [0.15, 0.2) is 220 Å². The van der Waals surface area contributed by atoms with Crippen LogP contribution in [0.5, 0.6) is 0 Å². The SMILES string of the molecule is CCCc1ccc(C(=O)Nc2cnc(C)c(-c3cc(N4CCOCC4)c4nccn4c3)c2)cc1C(F)(F)F.Cc1ncc(N)cc1-c1cc(N2CCOCC2)c2nccn2c1.Cc1ncc(NC(=O)c2ccc(CBr)c(C(F)(F)F)c2)cc1-c1cc(N2CCOCC2)c2nccn2c1.Cc1ncc(NC(=O)c2ccc(CBr)c(C(F)(F)F)c2)cc1-c1cc(N2CCOCC2)c2nccn2c1.O=C(O)c1ccc(CBr)c(C(F)(F)F)c1. The maximum atomic E-state index is 13.6. The van der Waals surface area contributed by atoms with E-state index in [1.807, 2.05) is 122 Å². The second kappa shape index (κ2) is 47.2. The number of pyridine rings is 8. The number of nitrogens with zero attached hydrogens (tertiary/aromatic N) is 16. The molecule has 0 spiro atoms. The van der Waals surface area contributed by atoms with Crippen molar-refractivity contribution in [3.8, 4) is 44.5 Å². The lowest BCUT2D eigenvalue weighted by molar-refractivity contribution is -0.139. The van der Waals surface area contributed by atoms with Crippen molar-refractivity contribution < 1.29 is 95.9 Å². The number of amides is 3. The summed E-state index contributed by atoms with van der Waals surface area (Å²) in [5, 5.41) is 16.8. The van der Waals surface area contributed by atoms with Gasteiger partial charge in [0.2, 0.25) is 0 Å². The first-order valence-electron chi connectivity index (χ1n) is 47.3. The van der Waals surface area contributed by atoms with Crippen LogP contribution in [0.2, 0.25) is 0 Å². The normalized spacial score (nSPS) is 14.1. The van der Waals surface area contributed by atoms with Gasteiger partial charge in [-0.3, -0.25) is 34.3 Å². The molecule has 0 saturated carbocycles. The molecule has 150 heavy (non-hydrogen) atoms. The summed E-state index contributed by atoms with van der Waals surface area (Å²) in [6.45, 7) is 20.9. The van der Waals surface area contributed by atoms with Crippen LogP contribution >= 0.6 is 47.8 Å². The minimum absolute atomic E-state index is 0.0208. The fourth-order valence-electron chi connectivity index (χ4n) is 17.7. The number of aryl methyl sites for hydroxylation is 5. The predicted octanol–water partition coefficient (Wildman–Crippen LogP) is 22.6. The Balaban J connectivity index is 0.000000137. The second-order valence-corrected chi connectivity index (χ2v) is 36.9. The lowest BCUT2D eigenvalue weighted by Gasteiger charge is -2.29. The van der Waals surface area contributed by atoms with Gasteiger partial charge in [0.15, 0.2) is 22.6 Å². The van der Waals surface area contributed by atoms with Crippen molar-refractivity contribution in [2.24, 2.45) is 0 Å². The maximum Gasteiger partial charge on any atom is 0.416 e. The Bertz CT molecular complexity index is 7410. The molecule has 4 aliphatic rings. The Kier molecular flexibility index (Phi) is 34.1. The maximum absolute atomic E-state index is 13.6. The largest absolute Gasteiger partial charge is 0.478 e. The van der Waals surface area contributed by atoms with Gasteiger partial charge in [0.05, 0.1) is 151 Å². The zero-order valence-electron chi connectivity index (χ0n) is 81.2. The van der Waals surface area contributed by atoms with Gasteiger partial charge in [0, 0.05) is 227 Å². The van der Waals surface area contributed by atoms with Crippen molar-refractivity contribution in [1.29, 1.82) is 0 Å². The summed E-state index contributed by atoms with van der Waals surface area (Å²) in [5.74, 6) is -3.31. The molecule has 16 aromatic rings. The highest BCUT2D eigenvalue weighted by Crippen LogP contribution is 2.43. The van der Waals surface area contributed by atoms with Gasteiger partial charge in [-0.15, -0.1) is 0 Å². The van der Waals surface area contributed by atoms with E-state index in [1.165, 1.54) is 55.0 Å². The highest BCUT2D eigenvalue weighted by Gasteiger charge is 2.39. The number of hydrogen-bond acceptors (Lipinski definition) is 21. The summed E-state index contributed by atoms with van der Waals surface area (Å²) in [6.07, 6.45) is 11.4. The van der Waals surface area contributed by atoms with E-state index in [-0.39, 0.29) is 66.9 Å². The molecule has 16 heterocycles. The number of halogens is 15. The number of morpholine rings is 4. The molecule has 44 heteroatoms. The molecule has 4 saturated heterocycles. The number of aromatic carboxylic acids is 1. The Morgan fingerprint density at radius 3 is 0.853 bits per heavy atom. The second-order valence-electron chi connectivity index (χ2n) is 35.3. The van der Waals surface area contributed by atoms with Crippen LogP contribution in [-0.4, -0.2) is 191 Å². The number of imidazole rings is 4. The number of carbonyl (C=O) groups is 4. The molecule has 0 bridgehead atoms. The van der Waals surface area contributed by atoms with Gasteiger partial charge in [0.1, 0.15) is 0 Å². The number of carboxylic acids is 1. The number of rotatable bonds is 20. The molecule has 4 aliphatic heterocycles. The van der Waals surface area contributed by atoms with Crippen LogP contribution in [0, 0.1) is 27.7 Å². The molecule has 6 N–H and O–H groups in total. The third kappa shape index (κ3) is 25.6. The summed E-state index contributed by atoms with van der Waals surface area (Å²) in [4.78, 5) is 93.9. The average Bonchev–Trinajstić information content (AvgIpc) is 1.60. The molecule has 0 atom stereocenters. The first kappa shape index (κ1) is 108. The van der Waals surface area contributed by atoms with E-state index < -0.39 is 70.6 Å². The average molecular weight is 2260 g/mol. The summed E-state index contributed by atoms with van der Waals surface area (Å²) in [6, 6.07) is 29.4. The van der Waals surface area contributed by atoms with Crippen molar-refractivity contribution in [3.05, 3.63) is 310 Å². The van der Waals surface area contributed by atoms with Crippen molar-refractivity contribution in [3.63, 3.8) is 0 Å². The number of carbonyl (C=O) groups excluding carboxylic acids is 3. The fourth-order valence-corrected chi connectivity index (χ4v) is 19.1. The number of hydrogen-bond donors (Lipinski definition) is 5. The molecular formula is C106H99Br3F12N20O9. The Hall–Kier alpha value is -14.4. The minimum atomic E-state index is -4.57. The number of benzene rings is 4. The predicted molar refractivity (Wildman–Crippen MR) is 558 cm³/mol. The standard InChI is InChI=1S/C28H28F3N5O2.2C26H23BrF3N5O2.C17H19N5O.C9H6BrF3O2/c1-3-4-19-5-6-20(13-24(19)28(29,30)31)27(37)34-22-15-23(18(2)33-16-22)21-14-25(35-9-11-38-12-10-35)26-32-7-8-36(26)17-21;2*1-16-21(19-11-23(34-6-8-37-9-7-34)24-31-4-5-35(24)15-19)12-20(14-32-16)33-25(36)17-2-3-18(13-27)22(10-17)26(28,29)30;1-12-15(9-14(18)10-20-12)13-8-16(21-4-6-23-7-5-21)17-19-2-3-22(17)11-13;10-4-6-2-1-5(8(14)15)3-7(6)9(11,12)13/h5-8,13-17H,3-4,9-12H2,1-2H3,(H,34,37);2*2-5,10-12,14-15H,6-9,13H2,1H3,(H,33,36);2-3,8-11H,4-7,18H2,1H3;1-3H,4H2,(H,14,15). The van der Waals surface area contributed by atoms with E-state index in [0.717, 1.165) is 209 Å². The molecule has 3 amide bonds. The number of nitrogens with two attached hydrogens (primary N) is 1. The number of aromatic nitrogens is 12. The summed E-state index contributed by atoms with van der Waals surface area (Å²) in [5.41, 5.74) is 21.9. The highest BCUT2D eigenvalue weighted by atomic mass is 79.9. The number of fused-ring (bicyclic) bond motifs is 4. The number of nitrogens with one attached hydrogen (secondary N) is 3. The molecule has 0 aliphatic carbocycles. The van der Waals surface area contributed by atoms with Crippen LogP contribution < -0.4 is 41.3 Å². The lowest BCUT2D eigenvalue weighted by Crippen LogP contribution is -2.36. The zero-order chi connectivity index (χ0) is 107. The van der Waals surface area contributed by atoms with E-state index in [9.17, 15) is 71.9 Å². The number of alkyl halides is 15. The van der Waals surface area contributed by atoms with Crippen molar-refractivity contribution in [1.82, 2.24) is 57.5 Å². The molecule has 12 aromatic heterocycles. The number of carboxylic acid groups (broad SMARTS) is 1. The molecule has 20 rings (SSSR count). The molecule has 29 nitrogen and oxygen atoms in total. The molecular weight excluding hydrogens is 2160 g/mol. The summed E-state index contributed by atoms with van der Waals surface area (Å²) < 4.78 is 189. The van der Waals surface area contributed by atoms with Crippen LogP contribution in [0.1, 0.15) is 122 Å². The van der Waals surface area contributed by atoms with Gasteiger partial charge >= 0.3 is 30.7 Å². The van der Waals surface area contributed by atoms with Crippen LogP contribution in [0.25, 0.3) is 67.1 Å². The Labute approximate surface area is 876 Å². The van der Waals surface area contributed by atoms with E-state index in [1.54, 1.807) is 43.0 Å². The zero-order valence-corrected chi connectivity index (χ0v) is 86.0. The van der Waals surface area contributed by atoms with E-state index in [0.29, 0.717) is 74.9 Å². The van der Waals surface area contributed by atoms with Crippen LogP contribution in [0.3, 0.4) is 0 Å². The molecule has 782 valence electrons. The van der Waals surface area contributed by atoms with Crippen LogP contribution in [0.4, 0.5) is 98.2 Å². The van der Waals surface area contributed by atoms with Gasteiger partial charge in [-0.1, -0.05) is 85.4 Å². The topological polar surface area (TPSA) is 321 Å². The van der Waals surface area contributed by atoms with Gasteiger partial charge in [-0.2, -0.15) is 52.7 Å². The quantitative estimate of drug-likeness (QED) is 0.0350. The first-order valence-corrected chi connectivity index (χ1v) is 50.6. The van der Waals surface area contributed by atoms with Gasteiger partial charge in [-0.25, -0.2) is 24.7 Å². The third-order valence-electron chi connectivity index (χ3n) is 25.3. The summed E-state index contributed by atoms with van der Waals surface area (Å²) >= 11 is 9.06. The van der Waals surface area contributed by atoms with E-state index in [4.69, 9.17) is 29.8 Å². The van der Waals surface area contributed by atoms with Gasteiger partial charge < -0.3 is 82.9 Å². The molecule has 0 radical (unpaired) electrons. The minimum Gasteiger partial charge on any atom is -0.478 e. The number of ether oxygens (including phenoxy) is 4. The Morgan fingerprint density at radius 2 is 0.593 bits per heavy atom. The molecule has 4 aromatic carbocycles. The van der Waals surface area contributed by atoms with E-state index >= 15 is 0 Å².